The number of benzene rings is 2. The number of nitrogens with one attached hydrogen (secondary N) is 1. The Balaban J connectivity index is 1.29. The summed E-state index contributed by atoms with van der Waals surface area (Å²) in [7, 11) is 0. The second kappa shape index (κ2) is 14.4. The number of nitrogens with zero attached hydrogens (tertiary/aromatic N) is 4. The molecule has 0 saturated carbocycles. The molecule has 2 aromatic carbocycles. The van der Waals surface area contributed by atoms with Gasteiger partial charge < -0.3 is 10.2 Å². The molecule has 1 aromatic heterocycles. The van der Waals surface area contributed by atoms with Crippen LogP contribution in [0, 0.1) is 0 Å². The third-order valence-electron chi connectivity index (χ3n) is 6.48. The van der Waals surface area contributed by atoms with Crippen molar-refractivity contribution in [1.29, 1.82) is 0 Å². The molecule has 196 valence electrons. The number of halogens is 1. The quantitative estimate of drug-likeness (QED) is 0.131. The molecule has 37 heavy (non-hydrogen) atoms. The van der Waals surface area contributed by atoms with Crippen LogP contribution in [0.25, 0.3) is 0 Å². The van der Waals surface area contributed by atoms with Crippen LogP contribution in [-0.2, 0) is 12.3 Å². The molecule has 0 unspecified atom stereocenters. The number of carbonyl (C=O) groups excluding carboxylic acids is 1. The van der Waals surface area contributed by atoms with Crippen molar-refractivity contribution in [3.63, 3.8) is 0 Å². The molecule has 1 fully saturated rings. The zero-order chi connectivity index (χ0) is 25.9. The molecule has 0 bridgehead atoms. The summed E-state index contributed by atoms with van der Waals surface area (Å²) in [5, 5.41) is 4.14. The standard InChI is InChI=1S/C29H36ClN5OS/c1-2-3-4-8-14-31-28(36)25-13-9-12-24(19-25)22-37-29-32-26(30)20-27(33-29)35-17-15-34(16-18-35)21-23-10-6-5-7-11-23/h5-7,9-13,19-20H,2-4,8,14-18,21-22H2,1H3,(H,31,36). The Labute approximate surface area is 229 Å². The van der Waals surface area contributed by atoms with E-state index in [1.165, 1.54) is 18.4 Å². The first-order chi connectivity index (χ1) is 18.1. The molecule has 4 rings (SSSR count). The highest BCUT2D eigenvalue weighted by Gasteiger charge is 2.19. The predicted octanol–water partition coefficient (Wildman–Crippen LogP) is 6.05. The fourth-order valence-corrected chi connectivity index (χ4v) is 5.42. The van der Waals surface area contributed by atoms with E-state index in [2.05, 4.69) is 57.4 Å². The molecule has 2 heterocycles. The van der Waals surface area contributed by atoms with Crippen molar-refractivity contribution in [3.05, 3.63) is 82.5 Å². The van der Waals surface area contributed by atoms with E-state index in [0.717, 1.165) is 63.5 Å². The van der Waals surface area contributed by atoms with Crippen molar-refractivity contribution in [1.82, 2.24) is 20.2 Å². The molecule has 0 radical (unpaired) electrons. The molecular formula is C29H36ClN5OS. The highest BCUT2D eigenvalue weighted by molar-refractivity contribution is 7.98. The summed E-state index contributed by atoms with van der Waals surface area (Å²) >= 11 is 7.92. The van der Waals surface area contributed by atoms with Gasteiger partial charge in [0.25, 0.3) is 5.91 Å². The largest absolute Gasteiger partial charge is 0.354 e. The molecule has 1 N–H and O–H groups in total. The summed E-state index contributed by atoms with van der Waals surface area (Å²) in [6.45, 7) is 7.64. The van der Waals surface area contributed by atoms with E-state index in [0.29, 0.717) is 21.6 Å². The fraction of sp³-hybridized carbons (Fsp3) is 0.414. The van der Waals surface area contributed by atoms with Gasteiger partial charge in [-0.2, -0.15) is 0 Å². The van der Waals surface area contributed by atoms with Crippen LogP contribution in [0.1, 0.15) is 54.1 Å². The van der Waals surface area contributed by atoms with Crippen molar-refractivity contribution in [2.45, 2.75) is 50.1 Å². The first-order valence-electron chi connectivity index (χ1n) is 13.2. The molecule has 0 spiro atoms. The topological polar surface area (TPSA) is 61.4 Å². The lowest BCUT2D eigenvalue weighted by molar-refractivity contribution is 0.0953. The molecule has 1 aliphatic heterocycles. The number of unbranched alkanes of at least 4 members (excludes halogenated alkanes) is 3. The van der Waals surface area contributed by atoms with Crippen molar-refractivity contribution in [2.24, 2.45) is 0 Å². The monoisotopic (exact) mass is 537 g/mol. The lowest BCUT2D eigenvalue weighted by atomic mass is 10.1. The van der Waals surface area contributed by atoms with Crippen LogP contribution >= 0.6 is 23.4 Å². The van der Waals surface area contributed by atoms with E-state index in [-0.39, 0.29) is 5.91 Å². The van der Waals surface area contributed by atoms with Crippen LogP contribution in [-0.4, -0.2) is 53.5 Å². The number of carbonyl (C=O) groups is 1. The van der Waals surface area contributed by atoms with Gasteiger partial charge >= 0.3 is 0 Å². The summed E-state index contributed by atoms with van der Waals surface area (Å²) in [4.78, 5) is 26.5. The summed E-state index contributed by atoms with van der Waals surface area (Å²) in [5.74, 6) is 1.52. The number of rotatable bonds is 12. The van der Waals surface area contributed by atoms with Crippen LogP contribution in [0.3, 0.4) is 0 Å². The number of aromatic nitrogens is 2. The maximum atomic E-state index is 12.5. The Bertz CT molecular complexity index is 1140. The van der Waals surface area contributed by atoms with Gasteiger partial charge in [0.05, 0.1) is 0 Å². The molecule has 1 amide bonds. The highest BCUT2D eigenvalue weighted by atomic mass is 35.5. The Hall–Kier alpha value is -2.61. The van der Waals surface area contributed by atoms with Gasteiger partial charge in [0.15, 0.2) is 5.16 Å². The predicted molar refractivity (Wildman–Crippen MR) is 153 cm³/mol. The molecule has 1 saturated heterocycles. The number of hydrogen-bond donors (Lipinski definition) is 1. The Morgan fingerprint density at radius 2 is 1.73 bits per heavy atom. The van der Waals surface area contributed by atoms with Crippen molar-refractivity contribution in [2.75, 3.05) is 37.6 Å². The number of thioether (sulfide) groups is 1. The van der Waals surface area contributed by atoms with Crippen LogP contribution in [0.15, 0.2) is 65.8 Å². The maximum absolute atomic E-state index is 12.5. The summed E-state index contributed by atoms with van der Waals surface area (Å²) in [5.41, 5.74) is 3.09. The molecule has 0 aliphatic carbocycles. The fourth-order valence-electron chi connectivity index (χ4n) is 4.39. The normalized spacial score (nSPS) is 14.1. The maximum Gasteiger partial charge on any atom is 0.251 e. The molecule has 0 atom stereocenters. The zero-order valence-corrected chi connectivity index (χ0v) is 23.1. The minimum Gasteiger partial charge on any atom is -0.354 e. The van der Waals surface area contributed by atoms with Gasteiger partial charge in [0, 0.05) is 56.7 Å². The summed E-state index contributed by atoms with van der Waals surface area (Å²) in [6.07, 6.45) is 4.57. The molecule has 1 aliphatic rings. The number of amides is 1. The van der Waals surface area contributed by atoms with Crippen LogP contribution in [0.2, 0.25) is 5.15 Å². The molecule has 8 heteroatoms. The van der Waals surface area contributed by atoms with Gasteiger partial charge in [-0.25, -0.2) is 9.97 Å². The Morgan fingerprint density at radius 3 is 2.51 bits per heavy atom. The second-order valence-corrected chi connectivity index (χ2v) is 10.7. The van der Waals surface area contributed by atoms with Gasteiger partial charge in [-0.15, -0.1) is 0 Å². The number of anilines is 1. The van der Waals surface area contributed by atoms with Crippen LogP contribution in [0.5, 0.6) is 0 Å². The average Bonchev–Trinajstić information content (AvgIpc) is 2.92. The lowest BCUT2D eigenvalue weighted by Gasteiger charge is -2.35. The van der Waals surface area contributed by atoms with Crippen LogP contribution in [0.4, 0.5) is 5.82 Å². The first-order valence-corrected chi connectivity index (χ1v) is 14.5. The van der Waals surface area contributed by atoms with Crippen molar-refractivity contribution >= 4 is 35.1 Å². The van der Waals surface area contributed by atoms with Crippen molar-refractivity contribution in [3.8, 4) is 0 Å². The number of hydrogen-bond acceptors (Lipinski definition) is 6. The Kier molecular flexibility index (Phi) is 10.6. The number of piperazine rings is 1. The van der Waals surface area contributed by atoms with E-state index < -0.39 is 0 Å². The summed E-state index contributed by atoms with van der Waals surface area (Å²) in [6, 6.07) is 20.2. The third-order valence-corrected chi connectivity index (χ3v) is 7.59. The summed E-state index contributed by atoms with van der Waals surface area (Å²) < 4.78 is 0. The smallest absolute Gasteiger partial charge is 0.251 e. The zero-order valence-electron chi connectivity index (χ0n) is 21.5. The van der Waals surface area contributed by atoms with E-state index in [9.17, 15) is 4.79 Å². The van der Waals surface area contributed by atoms with Gasteiger partial charge in [0.2, 0.25) is 0 Å². The Morgan fingerprint density at radius 1 is 0.946 bits per heavy atom. The SMILES string of the molecule is CCCCCCNC(=O)c1cccc(CSc2nc(Cl)cc(N3CCN(Cc4ccccc4)CC3)n2)c1. The molecular weight excluding hydrogens is 502 g/mol. The van der Waals surface area contributed by atoms with E-state index in [1.807, 2.05) is 30.3 Å². The average molecular weight is 538 g/mol. The minimum absolute atomic E-state index is 0.0175. The van der Waals surface area contributed by atoms with Gasteiger partial charge in [-0.1, -0.05) is 92.0 Å². The van der Waals surface area contributed by atoms with Gasteiger partial charge in [-0.05, 0) is 29.7 Å². The third kappa shape index (κ3) is 8.73. The van der Waals surface area contributed by atoms with E-state index in [1.54, 1.807) is 11.8 Å². The molecule has 3 aromatic rings. The lowest BCUT2D eigenvalue weighted by Crippen LogP contribution is -2.46. The van der Waals surface area contributed by atoms with E-state index >= 15 is 0 Å². The van der Waals surface area contributed by atoms with Gasteiger partial charge in [-0.3, -0.25) is 9.69 Å². The first kappa shape index (κ1) is 27.4. The van der Waals surface area contributed by atoms with Crippen molar-refractivity contribution < 1.29 is 4.79 Å². The highest BCUT2D eigenvalue weighted by Crippen LogP contribution is 2.26. The second-order valence-electron chi connectivity index (χ2n) is 9.39. The van der Waals surface area contributed by atoms with E-state index in [4.69, 9.17) is 16.6 Å². The molecule has 6 nitrogen and oxygen atoms in total. The minimum atomic E-state index is -0.0175. The van der Waals surface area contributed by atoms with Gasteiger partial charge in [0.1, 0.15) is 11.0 Å². The van der Waals surface area contributed by atoms with Crippen LogP contribution < -0.4 is 10.2 Å².